The lowest BCUT2D eigenvalue weighted by molar-refractivity contribution is 0.342. The van der Waals surface area contributed by atoms with E-state index in [1.165, 1.54) is 34.8 Å². The highest BCUT2D eigenvalue weighted by molar-refractivity contribution is 7.89. The van der Waals surface area contributed by atoms with Gasteiger partial charge in [0.1, 0.15) is 0 Å². The number of fused-ring (bicyclic) bond motifs is 1. The molecule has 2 aromatic rings. The molecule has 1 aromatic heterocycles. The van der Waals surface area contributed by atoms with Gasteiger partial charge in [-0.25, -0.2) is 23.5 Å². The number of hydrazone groups is 1. The van der Waals surface area contributed by atoms with Crippen molar-refractivity contribution in [2.45, 2.75) is 36.7 Å². The van der Waals surface area contributed by atoms with Gasteiger partial charge in [-0.1, -0.05) is 0 Å². The van der Waals surface area contributed by atoms with E-state index in [0.717, 1.165) is 17.4 Å². The van der Waals surface area contributed by atoms with Crippen LogP contribution in [0.5, 0.6) is 0 Å². The fraction of sp³-hybridized carbons (Fsp3) is 0.438. The van der Waals surface area contributed by atoms with Crippen LogP contribution < -0.4 is 27.0 Å². The van der Waals surface area contributed by atoms with E-state index in [0.29, 0.717) is 11.4 Å². The third-order valence-corrected chi connectivity index (χ3v) is 6.74. The highest BCUT2D eigenvalue weighted by Crippen LogP contribution is 2.36. The smallest absolute Gasteiger partial charge is 0.296 e. The van der Waals surface area contributed by atoms with E-state index in [-0.39, 0.29) is 16.8 Å². The molecule has 2 heterocycles. The second-order valence-corrected chi connectivity index (χ2v) is 9.07. The Morgan fingerprint density at radius 2 is 1.96 bits per heavy atom. The van der Waals surface area contributed by atoms with Gasteiger partial charge in [0, 0.05) is 19.6 Å². The molecule has 0 radical (unpaired) electrons. The molecule has 11 nitrogen and oxygen atoms in total. The largest absolute Gasteiger partial charge is 0.331 e. The van der Waals surface area contributed by atoms with Crippen molar-refractivity contribution in [1.82, 2.24) is 29.9 Å². The molecule has 0 spiro atoms. The van der Waals surface area contributed by atoms with Gasteiger partial charge in [-0.2, -0.15) is 0 Å². The van der Waals surface area contributed by atoms with Crippen LogP contribution in [0, 0.1) is 0 Å². The number of nitrogens with one attached hydrogen (secondary N) is 3. The number of nitrogens with zero attached hydrogens (tertiary/aromatic N) is 4. The molecule has 1 aromatic carbocycles. The molecule has 2 aliphatic rings. The number of hydrogen-bond acceptors (Lipinski definition) is 8. The zero-order valence-electron chi connectivity index (χ0n) is 15.7. The minimum absolute atomic E-state index is 0.00548. The average Bonchev–Trinajstić information content (AvgIpc) is 3.22. The van der Waals surface area contributed by atoms with Crippen molar-refractivity contribution in [3.05, 3.63) is 39.0 Å². The van der Waals surface area contributed by atoms with E-state index in [1.54, 1.807) is 7.05 Å². The van der Waals surface area contributed by atoms with E-state index in [4.69, 9.17) is 0 Å². The molecule has 4 rings (SSSR count). The summed E-state index contributed by atoms with van der Waals surface area (Å²) in [5, 5.41) is 5.66. The quantitative estimate of drug-likeness (QED) is 0.568. The summed E-state index contributed by atoms with van der Waals surface area (Å²) in [6.45, 7) is 1.77. The Kier molecular flexibility index (Phi) is 4.10. The SMILES string of the molecule is CN1NNN=C1Cn1c(=O)c2cc(S(=O)(=O)NC3(C)CC3)ccc2n(C)c1=O. The maximum absolute atomic E-state index is 13.0. The molecule has 12 heteroatoms. The summed E-state index contributed by atoms with van der Waals surface area (Å²) in [5.41, 5.74) is 4.09. The van der Waals surface area contributed by atoms with Gasteiger partial charge in [0.15, 0.2) is 5.84 Å². The first-order valence-electron chi connectivity index (χ1n) is 8.70. The fourth-order valence-corrected chi connectivity index (χ4v) is 4.55. The van der Waals surface area contributed by atoms with E-state index in [9.17, 15) is 18.0 Å². The standard InChI is InChI=1S/C16H21N7O4S/c1-16(6-7-16)18-28(26,27)10-4-5-12-11(8-10)14(24)23(15(25)21(12)2)9-13-17-19-20-22(13)3/h4-5,8,18-20H,6-7,9H2,1-3H3. The lowest BCUT2D eigenvalue weighted by atomic mass is 10.2. The molecule has 0 amide bonds. The Hall–Kier alpha value is -2.70. The van der Waals surface area contributed by atoms with Crippen LogP contribution in [0.2, 0.25) is 0 Å². The number of hydrazine groups is 2. The van der Waals surface area contributed by atoms with Gasteiger partial charge >= 0.3 is 5.69 Å². The number of aryl methyl sites for hydroxylation is 1. The number of benzene rings is 1. The third kappa shape index (κ3) is 3.08. The van der Waals surface area contributed by atoms with Crippen LogP contribution in [0.15, 0.2) is 37.8 Å². The van der Waals surface area contributed by atoms with Crippen molar-refractivity contribution in [2.24, 2.45) is 12.1 Å². The molecule has 0 saturated heterocycles. The summed E-state index contributed by atoms with van der Waals surface area (Å²) < 4.78 is 30.4. The molecule has 3 N–H and O–H groups in total. The number of hydrogen-bond donors (Lipinski definition) is 3. The summed E-state index contributed by atoms with van der Waals surface area (Å²) in [7, 11) is -0.547. The van der Waals surface area contributed by atoms with Crippen molar-refractivity contribution < 1.29 is 8.42 Å². The second-order valence-electron chi connectivity index (χ2n) is 7.39. The maximum atomic E-state index is 13.0. The second kappa shape index (κ2) is 6.15. The average molecular weight is 407 g/mol. The van der Waals surface area contributed by atoms with Crippen LogP contribution >= 0.6 is 0 Å². The molecule has 150 valence electrons. The van der Waals surface area contributed by atoms with Gasteiger partial charge in [0.25, 0.3) is 5.56 Å². The van der Waals surface area contributed by atoms with Gasteiger partial charge in [-0.3, -0.25) is 18.9 Å². The zero-order valence-corrected chi connectivity index (χ0v) is 16.5. The first-order chi connectivity index (χ1) is 13.1. The normalized spacial score (nSPS) is 18.2. The van der Waals surface area contributed by atoms with Crippen LogP contribution in [0.4, 0.5) is 0 Å². The predicted octanol–water partition coefficient (Wildman–Crippen LogP) is -1.20. The van der Waals surface area contributed by atoms with Crippen molar-refractivity contribution in [3.63, 3.8) is 0 Å². The highest BCUT2D eigenvalue weighted by atomic mass is 32.2. The summed E-state index contributed by atoms with van der Waals surface area (Å²) >= 11 is 0. The van der Waals surface area contributed by atoms with Crippen LogP contribution in [0.3, 0.4) is 0 Å². The zero-order chi connectivity index (χ0) is 20.3. The Morgan fingerprint density at radius 3 is 2.57 bits per heavy atom. The van der Waals surface area contributed by atoms with Crippen molar-refractivity contribution in [3.8, 4) is 0 Å². The molecule has 0 unspecified atom stereocenters. The lowest BCUT2D eigenvalue weighted by Gasteiger charge is -2.16. The van der Waals surface area contributed by atoms with Gasteiger partial charge in [-0.15, -0.1) is 10.6 Å². The van der Waals surface area contributed by atoms with E-state index in [2.05, 4.69) is 20.9 Å². The molecule has 1 fully saturated rings. The molecular formula is C16H21N7O4S. The Morgan fingerprint density at radius 1 is 1.25 bits per heavy atom. The van der Waals surface area contributed by atoms with E-state index >= 15 is 0 Å². The number of rotatable bonds is 5. The molecule has 1 aliphatic carbocycles. The highest BCUT2D eigenvalue weighted by Gasteiger charge is 2.41. The molecule has 28 heavy (non-hydrogen) atoms. The molecule has 1 aliphatic heterocycles. The van der Waals surface area contributed by atoms with Gasteiger partial charge in [0.2, 0.25) is 10.0 Å². The fourth-order valence-electron chi connectivity index (χ4n) is 3.06. The third-order valence-electron chi connectivity index (χ3n) is 5.10. The summed E-state index contributed by atoms with van der Waals surface area (Å²) in [5.74, 6) is 0.436. The first-order valence-corrected chi connectivity index (χ1v) is 10.2. The van der Waals surface area contributed by atoms with Crippen LogP contribution in [-0.2, 0) is 23.6 Å². The van der Waals surface area contributed by atoms with E-state index in [1.807, 2.05) is 6.92 Å². The van der Waals surface area contributed by atoms with Crippen molar-refractivity contribution in [1.29, 1.82) is 0 Å². The van der Waals surface area contributed by atoms with Crippen molar-refractivity contribution in [2.75, 3.05) is 7.05 Å². The Bertz CT molecular complexity index is 1220. The minimum atomic E-state index is -3.77. The van der Waals surface area contributed by atoms with Crippen LogP contribution in [0.25, 0.3) is 10.9 Å². The molecule has 1 saturated carbocycles. The summed E-state index contributed by atoms with van der Waals surface area (Å²) in [6, 6.07) is 4.20. The number of aromatic nitrogens is 2. The molecule has 0 bridgehead atoms. The van der Waals surface area contributed by atoms with Gasteiger partial charge < -0.3 is 0 Å². The van der Waals surface area contributed by atoms with Gasteiger partial charge in [-0.05, 0) is 38.0 Å². The van der Waals surface area contributed by atoms with Crippen LogP contribution in [-0.4, -0.2) is 41.0 Å². The first kappa shape index (κ1) is 18.7. The molecular weight excluding hydrogens is 386 g/mol. The monoisotopic (exact) mass is 407 g/mol. The van der Waals surface area contributed by atoms with Crippen LogP contribution in [0.1, 0.15) is 19.8 Å². The lowest BCUT2D eigenvalue weighted by Crippen LogP contribution is -2.45. The van der Waals surface area contributed by atoms with Gasteiger partial charge in [0.05, 0.1) is 22.3 Å². The molecule has 0 atom stereocenters. The van der Waals surface area contributed by atoms with Crippen molar-refractivity contribution >= 4 is 26.8 Å². The van der Waals surface area contributed by atoms with E-state index < -0.39 is 26.8 Å². The topological polar surface area (TPSA) is 130 Å². The Balaban J connectivity index is 1.84. The number of likely N-dealkylation sites (N-methyl/N-ethyl adjacent to an activating group) is 1. The number of sulfonamides is 1. The summed E-state index contributed by atoms with van der Waals surface area (Å²) in [6.07, 6.45) is 1.55. The predicted molar refractivity (Wildman–Crippen MR) is 103 cm³/mol. The number of amidine groups is 1. The minimum Gasteiger partial charge on any atom is -0.296 e. The maximum Gasteiger partial charge on any atom is 0.331 e. The summed E-state index contributed by atoms with van der Waals surface area (Å²) in [4.78, 5) is 25.6. The Labute approximate surface area is 160 Å².